The SMILES string of the molecule is C=C(F)c1ncc(F)c(C)n1. The van der Waals surface area contributed by atoms with Crippen molar-refractivity contribution in [2.75, 3.05) is 0 Å². The molecule has 1 aromatic rings. The minimum atomic E-state index is -0.756. The van der Waals surface area contributed by atoms with Crippen LogP contribution in [0, 0.1) is 12.7 Å². The largest absolute Gasteiger partial charge is 0.231 e. The van der Waals surface area contributed by atoms with Crippen molar-refractivity contribution in [2.45, 2.75) is 6.92 Å². The molecule has 4 heteroatoms. The van der Waals surface area contributed by atoms with Crippen molar-refractivity contribution in [3.8, 4) is 0 Å². The van der Waals surface area contributed by atoms with Crippen molar-refractivity contribution >= 4 is 5.83 Å². The molecule has 0 fully saturated rings. The third kappa shape index (κ3) is 1.58. The number of aryl methyl sites for hydroxylation is 1. The van der Waals surface area contributed by atoms with E-state index in [0.29, 0.717) is 0 Å². The third-order valence-corrected chi connectivity index (χ3v) is 1.16. The molecule has 0 aromatic carbocycles. The van der Waals surface area contributed by atoms with Crippen LogP contribution in [0.2, 0.25) is 0 Å². The van der Waals surface area contributed by atoms with Crippen molar-refractivity contribution in [1.82, 2.24) is 9.97 Å². The average molecular weight is 156 g/mol. The molecule has 1 aromatic heterocycles. The van der Waals surface area contributed by atoms with E-state index in [1.165, 1.54) is 6.92 Å². The Morgan fingerprint density at radius 1 is 1.64 bits per heavy atom. The number of halogens is 2. The van der Waals surface area contributed by atoms with E-state index < -0.39 is 11.6 Å². The summed E-state index contributed by atoms with van der Waals surface area (Å²) in [5, 5.41) is 0. The third-order valence-electron chi connectivity index (χ3n) is 1.16. The van der Waals surface area contributed by atoms with Gasteiger partial charge in [-0.25, -0.2) is 18.7 Å². The molecule has 11 heavy (non-hydrogen) atoms. The Balaban J connectivity index is 3.15. The van der Waals surface area contributed by atoms with Gasteiger partial charge in [0.15, 0.2) is 17.5 Å². The number of hydrogen-bond acceptors (Lipinski definition) is 2. The van der Waals surface area contributed by atoms with Gasteiger partial charge >= 0.3 is 0 Å². The van der Waals surface area contributed by atoms with E-state index in [1.807, 2.05) is 0 Å². The minimum Gasteiger partial charge on any atom is -0.231 e. The van der Waals surface area contributed by atoms with E-state index in [-0.39, 0.29) is 11.5 Å². The first-order valence-electron chi connectivity index (χ1n) is 2.95. The fourth-order valence-corrected chi connectivity index (χ4v) is 0.583. The maximum absolute atomic E-state index is 12.5. The lowest BCUT2D eigenvalue weighted by Gasteiger charge is -1.96. The van der Waals surface area contributed by atoms with E-state index in [9.17, 15) is 8.78 Å². The van der Waals surface area contributed by atoms with Crippen LogP contribution in [0.1, 0.15) is 11.5 Å². The molecule has 0 spiro atoms. The molecule has 2 nitrogen and oxygen atoms in total. The Kier molecular flexibility index (Phi) is 1.94. The number of hydrogen-bond donors (Lipinski definition) is 0. The molecule has 0 saturated carbocycles. The summed E-state index contributed by atoms with van der Waals surface area (Å²) in [6, 6.07) is 0. The minimum absolute atomic E-state index is 0.119. The second-order valence-electron chi connectivity index (χ2n) is 2.03. The Hall–Kier alpha value is -1.32. The zero-order valence-corrected chi connectivity index (χ0v) is 5.93. The van der Waals surface area contributed by atoms with E-state index in [1.54, 1.807) is 0 Å². The monoisotopic (exact) mass is 156 g/mol. The fourth-order valence-electron chi connectivity index (χ4n) is 0.583. The standard InChI is InChI=1S/C7H6F2N2/c1-4(8)7-10-3-6(9)5(2)11-7/h3H,1H2,2H3. The highest BCUT2D eigenvalue weighted by molar-refractivity contribution is 5.47. The Morgan fingerprint density at radius 3 is 2.73 bits per heavy atom. The molecule has 1 heterocycles. The first-order valence-corrected chi connectivity index (χ1v) is 2.95. The molecule has 0 amide bonds. The fraction of sp³-hybridized carbons (Fsp3) is 0.143. The Bertz CT molecular complexity index is 296. The highest BCUT2D eigenvalue weighted by Gasteiger charge is 2.03. The summed E-state index contributed by atoms with van der Waals surface area (Å²) < 4.78 is 24.8. The summed E-state index contributed by atoms with van der Waals surface area (Å²) in [4.78, 5) is 6.89. The normalized spacial score (nSPS) is 9.73. The van der Waals surface area contributed by atoms with Crippen LogP contribution >= 0.6 is 0 Å². The van der Waals surface area contributed by atoms with Gasteiger partial charge in [-0.3, -0.25) is 0 Å². The molecule has 0 radical (unpaired) electrons. The zero-order valence-electron chi connectivity index (χ0n) is 5.93. The molecule has 0 aliphatic carbocycles. The van der Waals surface area contributed by atoms with E-state index in [0.717, 1.165) is 6.20 Å². The van der Waals surface area contributed by atoms with E-state index in [2.05, 4.69) is 16.5 Å². The van der Waals surface area contributed by atoms with Gasteiger partial charge < -0.3 is 0 Å². The van der Waals surface area contributed by atoms with Crippen LogP contribution in [0.3, 0.4) is 0 Å². The molecule has 0 N–H and O–H groups in total. The summed E-state index contributed by atoms with van der Waals surface area (Å²) in [5.41, 5.74) is 0.119. The van der Waals surface area contributed by atoms with Gasteiger partial charge in [-0.1, -0.05) is 6.58 Å². The maximum atomic E-state index is 12.5. The van der Waals surface area contributed by atoms with Crippen LogP contribution in [0.25, 0.3) is 5.83 Å². The second kappa shape index (κ2) is 2.74. The molecule has 0 aliphatic rings. The van der Waals surface area contributed by atoms with Crippen LogP contribution in [0.4, 0.5) is 8.78 Å². The molecular formula is C7H6F2N2. The quantitative estimate of drug-likeness (QED) is 0.620. The van der Waals surface area contributed by atoms with Crippen LogP contribution in [-0.4, -0.2) is 9.97 Å². The average Bonchev–Trinajstić information content (AvgIpc) is 1.94. The molecular weight excluding hydrogens is 150 g/mol. The van der Waals surface area contributed by atoms with Crippen molar-refractivity contribution in [2.24, 2.45) is 0 Å². The second-order valence-corrected chi connectivity index (χ2v) is 2.03. The van der Waals surface area contributed by atoms with Gasteiger partial charge in [0.2, 0.25) is 0 Å². The number of aromatic nitrogens is 2. The molecule has 0 bridgehead atoms. The summed E-state index contributed by atoms with van der Waals surface area (Å²) in [6.07, 6.45) is 0.919. The summed E-state index contributed by atoms with van der Waals surface area (Å²) in [7, 11) is 0. The van der Waals surface area contributed by atoms with Crippen LogP contribution < -0.4 is 0 Å². The molecule has 0 aliphatic heterocycles. The van der Waals surface area contributed by atoms with Crippen molar-refractivity contribution < 1.29 is 8.78 Å². The van der Waals surface area contributed by atoms with Crippen LogP contribution in [0.15, 0.2) is 12.8 Å². The van der Waals surface area contributed by atoms with Crippen LogP contribution in [0.5, 0.6) is 0 Å². The van der Waals surface area contributed by atoms with Crippen molar-refractivity contribution in [3.63, 3.8) is 0 Å². The van der Waals surface area contributed by atoms with Gasteiger partial charge in [-0.05, 0) is 6.92 Å². The van der Waals surface area contributed by atoms with Crippen molar-refractivity contribution in [3.05, 3.63) is 30.1 Å². The first-order chi connectivity index (χ1) is 5.11. The molecule has 1 rings (SSSR count). The molecule has 58 valence electrons. The number of rotatable bonds is 1. The zero-order chi connectivity index (χ0) is 8.43. The van der Waals surface area contributed by atoms with Gasteiger partial charge in [0.05, 0.1) is 11.9 Å². The summed E-state index contributed by atoms with van der Waals surface area (Å²) >= 11 is 0. The molecule has 0 unspecified atom stereocenters. The van der Waals surface area contributed by atoms with E-state index >= 15 is 0 Å². The Labute approximate surface area is 62.6 Å². The van der Waals surface area contributed by atoms with Gasteiger partial charge in [-0.15, -0.1) is 0 Å². The molecule has 0 saturated heterocycles. The first kappa shape index (κ1) is 7.78. The predicted molar refractivity (Wildman–Crippen MR) is 36.9 cm³/mol. The Morgan fingerprint density at radius 2 is 2.27 bits per heavy atom. The highest BCUT2D eigenvalue weighted by atomic mass is 19.1. The number of nitrogens with zero attached hydrogens (tertiary/aromatic N) is 2. The lowest BCUT2D eigenvalue weighted by Crippen LogP contribution is -1.95. The maximum Gasteiger partial charge on any atom is 0.188 e. The van der Waals surface area contributed by atoms with Crippen LogP contribution in [-0.2, 0) is 0 Å². The predicted octanol–water partition coefficient (Wildman–Crippen LogP) is 1.86. The summed E-state index contributed by atoms with van der Waals surface area (Å²) in [5.74, 6) is -1.47. The smallest absolute Gasteiger partial charge is 0.188 e. The van der Waals surface area contributed by atoms with Gasteiger partial charge in [0.1, 0.15) is 0 Å². The van der Waals surface area contributed by atoms with Gasteiger partial charge in [-0.2, -0.15) is 0 Å². The molecule has 0 atom stereocenters. The lowest BCUT2D eigenvalue weighted by atomic mass is 10.4. The van der Waals surface area contributed by atoms with Gasteiger partial charge in [0, 0.05) is 0 Å². The lowest BCUT2D eigenvalue weighted by molar-refractivity contribution is 0.597. The summed E-state index contributed by atoms with van der Waals surface area (Å²) in [6.45, 7) is 4.42. The van der Waals surface area contributed by atoms with Crippen molar-refractivity contribution in [1.29, 1.82) is 0 Å². The highest BCUT2D eigenvalue weighted by Crippen LogP contribution is 2.08. The van der Waals surface area contributed by atoms with Gasteiger partial charge in [0.25, 0.3) is 0 Å². The topological polar surface area (TPSA) is 25.8 Å². The van der Waals surface area contributed by atoms with E-state index in [4.69, 9.17) is 0 Å².